The summed E-state index contributed by atoms with van der Waals surface area (Å²) < 4.78 is 0. The Kier molecular flexibility index (Phi) is 1.73. The quantitative estimate of drug-likeness (QED) is 0.487. The van der Waals surface area contributed by atoms with Crippen LogP contribution in [0.4, 0.5) is 0 Å². The van der Waals surface area contributed by atoms with Crippen LogP contribution < -0.4 is 0 Å². The first-order valence-electron chi connectivity index (χ1n) is 4.19. The molecule has 2 atom stereocenters. The fourth-order valence-electron chi connectivity index (χ4n) is 1.71. The molecule has 0 aromatic carbocycles. The predicted octanol–water partition coefficient (Wildman–Crippen LogP) is 1.65. The fourth-order valence-corrected chi connectivity index (χ4v) is 1.71. The molecule has 1 heterocycles. The van der Waals surface area contributed by atoms with E-state index in [2.05, 4.69) is 27.7 Å². The standard InChI is InChI=1S/C9H17NO/c1-6-7(2)10(8(6)11)9(3,4)5/h6-7H,1-5H3. The summed E-state index contributed by atoms with van der Waals surface area (Å²) in [5, 5.41) is 0. The average molecular weight is 155 g/mol. The van der Waals surface area contributed by atoms with E-state index in [4.69, 9.17) is 0 Å². The second-order valence-electron chi connectivity index (χ2n) is 4.41. The van der Waals surface area contributed by atoms with Gasteiger partial charge in [0, 0.05) is 11.6 Å². The molecule has 1 aliphatic rings. The highest BCUT2D eigenvalue weighted by Gasteiger charge is 2.46. The van der Waals surface area contributed by atoms with E-state index in [1.165, 1.54) is 0 Å². The van der Waals surface area contributed by atoms with Gasteiger partial charge in [-0.2, -0.15) is 0 Å². The van der Waals surface area contributed by atoms with Crippen LogP contribution in [0.3, 0.4) is 0 Å². The Bertz CT molecular complexity index is 180. The lowest BCUT2D eigenvalue weighted by Gasteiger charge is -2.51. The van der Waals surface area contributed by atoms with E-state index in [0.29, 0.717) is 11.9 Å². The summed E-state index contributed by atoms with van der Waals surface area (Å²) in [5.41, 5.74) is 0.00299. The van der Waals surface area contributed by atoms with Gasteiger partial charge in [0.2, 0.25) is 5.91 Å². The Balaban J connectivity index is 2.71. The fraction of sp³-hybridized carbons (Fsp3) is 0.889. The van der Waals surface area contributed by atoms with Gasteiger partial charge in [0.15, 0.2) is 0 Å². The molecule has 1 saturated heterocycles. The molecular weight excluding hydrogens is 138 g/mol. The van der Waals surface area contributed by atoms with Crippen LogP contribution in [0.1, 0.15) is 34.6 Å². The molecule has 1 aliphatic heterocycles. The Morgan fingerprint density at radius 1 is 1.27 bits per heavy atom. The van der Waals surface area contributed by atoms with E-state index in [1.807, 2.05) is 11.8 Å². The van der Waals surface area contributed by atoms with Crippen LogP contribution >= 0.6 is 0 Å². The van der Waals surface area contributed by atoms with E-state index < -0.39 is 0 Å². The van der Waals surface area contributed by atoms with E-state index >= 15 is 0 Å². The summed E-state index contributed by atoms with van der Waals surface area (Å²) in [6, 6.07) is 0.419. The normalized spacial score (nSPS) is 32.1. The molecule has 0 aromatic heterocycles. The van der Waals surface area contributed by atoms with Gasteiger partial charge in [-0.25, -0.2) is 0 Å². The lowest BCUT2D eigenvalue weighted by atomic mass is 9.85. The van der Waals surface area contributed by atoms with Crippen LogP contribution in [0.5, 0.6) is 0 Å². The number of amides is 1. The topological polar surface area (TPSA) is 20.3 Å². The van der Waals surface area contributed by atoms with Crippen molar-refractivity contribution < 1.29 is 4.79 Å². The highest BCUT2D eigenvalue weighted by molar-refractivity contribution is 5.86. The van der Waals surface area contributed by atoms with Gasteiger partial charge in [-0.05, 0) is 27.7 Å². The number of likely N-dealkylation sites (tertiary alicyclic amines) is 1. The van der Waals surface area contributed by atoms with Gasteiger partial charge in [0.05, 0.1) is 5.92 Å². The summed E-state index contributed by atoms with van der Waals surface area (Å²) >= 11 is 0. The molecule has 1 rings (SSSR count). The molecule has 2 nitrogen and oxygen atoms in total. The molecule has 11 heavy (non-hydrogen) atoms. The number of nitrogens with zero attached hydrogens (tertiary/aromatic N) is 1. The third-order valence-corrected chi connectivity index (χ3v) is 2.48. The number of β-lactam (4-membered cyclic amide) rings is 1. The summed E-state index contributed by atoms with van der Waals surface area (Å²) in [7, 11) is 0. The minimum Gasteiger partial charge on any atom is -0.334 e. The third-order valence-electron chi connectivity index (χ3n) is 2.48. The zero-order valence-electron chi connectivity index (χ0n) is 8.01. The van der Waals surface area contributed by atoms with Crippen LogP contribution in [-0.2, 0) is 4.79 Å². The smallest absolute Gasteiger partial charge is 0.228 e. The number of rotatable bonds is 0. The molecule has 0 N–H and O–H groups in total. The van der Waals surface area contributed by atoms with Crippen molar-refractivity contribution in [1.29, 1.82) is 0 Å². The monoisotopic (exact) mass is 155 g/mol. The van der Waals surface area contributed by atoms with Gasteiger partial charge in [-0.15, -0.1) is 0 Å². The van der Waals surface area contributed by atoms with Crippen molar-refractivity contribution in [3.05, 3.63) is 0 Å². The summed E-state index contributed by atoms with van der Waals surface area (Å²) in [6.07, 6.45) is 0. The molecule has 2 heteroatoms. The molecule has 0 bridgehead atoms. The van der Waals surface area contributed by atoms with Crippen molar-refractivity contribution in [2.75, 3.05) is 0 Å². The van der Waals surface area contributed by atoms with Crippen LogP contribution in [0, 0.1) is 5.92 Å². The second-order valence-corrected chi connectivity index (χ2v) is 4.41. The van der Waals surface area contributed by atoms with Crippen LogP contribution in [0.25, 0.3) is 0 Å². The van der Waals surface area contributed by atoms with Crippen molar-refractivity contribution >= 4 is 5.91 Å². The Morgan fingerprint density at radius 2 is 1.73 bits per heavy atom. The van der Waals surface area contributed by atoms with E-state index in [9.17, 15) is 4.79 Å². The number of carbonyl (C=O) groups excluding carboxylic acids is 1. The Labute approximate surface area is 68.6 Å². The van der Waals surface area contributed by atoms with Crippen molar-refractivity contribution in [1.82, 2.24) is 4.90 Å². The van der Waals surface area contributed by atoms with Crippen LogP contribution in [-0.4, -0.2) is 22.4 Å². The molecular formula is C9H17NO. The number of carbonyl (C=O) groups is 1. The minimum atomic E-state index is 0.00299. The second kappa shape index (κ2) is 2.23. The van der Waals surface area contributed by atoms with Gasteiger partial charge in [0.1, 0.15) is 0 Å². The van der Waals surface area contributed by atoms with Crippen LogP contribution in [0.15, 0.2) is 0 Å². The molecule has 1 fully saturated rings. The molecule has 2 unspecified atom stereocenters. The largest absolute Gasteiger partial charge is 0.334 e. The molecule has 0 spiro atoms. The molecule has 64 valence electrons. The molecule has 0 saturated carbocycles. The predicted molar refractivity (Wildman–Crippen MR) is 45.2 cm³/mol. The van der Waals surface area contributed by atoms with Crippen LogP contribution in [0.2, 0.25) is 0 Å². The van der Waals surface area contributed by atoms with E-state index in [1.54, 1.807) is 0 Å². The van der Waals surface area contributed by atoms with E-state index in [-0.39, 0.29) is 11.5 Å². The number of hydrogen-bond acceptors (Lipinski definition) is 1. The Hall–Kier alpha value is -0.530. The first-order chi connectivity index (χ1) is 4.85. The van der Waals surface area contributed by atoms with E-state index in [0.717, 1.165) is 0 Å². The van der Waals surface area contributed by atoms with Gasteiger partial charge in [0.25, 0.3) is 0 Å². The summed E-state index contributed by atoms with van der Waals surface area (Å²) in [6.45, 7) is 10.3. The maximum absolute atomic E-state index is 11.3. The van der Waals surface area contributed by atoms with Crippen molar-refractivity contribution in [3.63, 3.8) is 0 Å². The highest BCUT2D eigenvalue weighted by Crippen LogP contribution is 2.32. The van der Waals surface area contributed by atoms with Gasteiger partial charge in [-0.1, -0.05) is 6.92 Å². The average Bonchev–Trinajstić information content (AvgIpc) is 1.85. The van der Waals surface area contributed by atoms with Gasteiger partial charge in [-0.3, -0.25) is 4.79 Å². The highest BCUT2D eigenvalue weighted by atomic mass is 16.2. The third kappa shape index (κ3) is 1.15. The molecule has 0 aliphatic carbocycles. The summed E-state index contributed by atoms with van der Waals surface area (Å²) in [5.74, 6) is 0.527. The minimum absolute atomic E-state index is 0.00299. The lowest BCUT2D eigenvalue weighted by Crippen LogP contribution is -2.65. The van der Waals surface area contributed by atoms with Crippen molar-refractivity contribution in [2.24, 2.45) is 5.92 Å². The zero-order valence-corrected chi connectivity index (χ0v) is 8.01. The Morgan fingerprint density at radius 3 is 1.91 bits per heavy atom. The lowest BCUT2D eigenvalue weighted by molar-refractivity contribution is -0.162. The first kappa shape index (κ1) is 8.57. The first-order valence-corrected chi connectivity index (χ1v) is 4.19. The van der Waals surface area contributed by atoms with Gasteiger partial charge >= 0.3 is 0 Å². The summed E-state index contributed by atoms with van der Waals surface area (Å²) in [4.78, 5) is 13.3. The van der Waals surface area contributed by atoms with Crippen molar-refractivity contribution in [3.8, 4) is 0 Å². The zero-order chi connectivity index (χ0) is 8.81. The van der Waals surface area contributed by atoms with Crippen molar-refractivity contribution in [2.45, 2.75) is 46.2 Å². The van der Waals surface area contributed by atoms with Gasteiger partial charge < -0.3 is 4.90 Å². The SMILES string of the molecule is CC1C(=O)N(C(C)(C)C)C1C. The molecule has 0 radical (unpaired) electrons. The maximum atomic E-state index is 11.3. The maximum Gasteiger partial charge on any atom is 0.228 e. The molecule has 0 aromatic rings. The number of hydrogen-bond donors (Lipinski definition) is 0. The molecule has 1 amide bonds.